The van der Waals surface area contributed by atoms with Crippen LogP contribution in [0.25, 0.3) is 11.3 Å². The van der Waals surface area contributed by atoms with Crippen molar-refractivity contribution >= 4 is 17.4 Å². The summed E-state index contributed by atoms with van der Waals surface area (Å²) in [5.74, 6) is 0.412. The molecular formula is C22H24ClN5O3. The van der Waals surface area contributed by atoms with Gasteiger partial charge in [-0.05, 0) is 32.4 Å². The van der Waals surface area contributed by atoms with Crippen molar-refractivity contribution in [3.05, 3.63) is 59.7 Å². The number of rotatable bonds is 10. The molecule has 1 atom stereocenters. The van der Waals surface area contributed by atoms with E-state index in [4.69, 9.17) is 21.1 Å². The van der Waals surface area contributed by atoms with Gasteiger partial charge in [0.2, 0.25) is 5.88 Å². The van der Waals surface area contributed by atoms with E-state index >= 15 is 0 Å². The van der Waals surface area contributed by atoms with Crippen molar-refractivity contribution in [1.82, 2.24) is 24.9 Å². The van der Waals surface area contributed by atoms with Gasteiger partial charge in [-0.15, -0.1) is 0 Å². The molecule has 162 valence electrons. The molecule has 9 heteroatoms. The van der Waals surface area contributed by atoms with E-state index < -0.39 is 5.41 Å². The molecule has 31 heavy (non-hydrogen) atoms. The van der Waals surface area contributed by atoms with E-state index in [9.17, 15) is 4.79 Å². The molecule has 0 radical (unpaired) electrons. The third-order valence-electron chi connectivity index (χ3n) is 4.96. The van der Waals surface area contributed by atoms with Crippen LogP contribution in [-0.2, 0) is 21.4 Å². The molecule has 0 saturated carbocycles. The van der Waals surface area contributed by atoms with Gasteiger partial charge in [-0.2, -0.15) is 0 Å². The molecule has 3 aromatic heterocycles. The molecule has 0 aromatic carbocycles. The highest BCUT2D eigenvalue weighted by atomic mass is 35.5. The molecule has 0 saturated heterocycles. The second-order valence-corrected chi connectivity index (χ2v) is 7.50. The van der Waals surface area contributed by atoms with Gasteiger partial charge in [0.15, 0.2) is 5.78 Å². The fraction of sp³-hybridized carbons (Fsp3) is 0.364. The molecular weight excluding hydrogens is 418 g/mol. The van der Waals surface area contributed by atoms with Crippen molar-refractivity contribution in [2.75, 3.05) is 20.3 Å². The Morgan fingerprint density at radius 2 is 1.90 bits per heavy atom. The highest BCUT2D eigenvalue weighted by Crippen LogP contribution is 2.29. The summed E-state index contributed by atoms with van der Waals surface area (Å²) in [5, 5.41) is 0.242. The lowest BCUT2D eigenvalue weighted by Gasteiger charge is -2.27. The monoisotopic (exact) mass is 441 g/mol. The number of carbonyl (C=O) groups is 1. The van der Waals surface area contributed by atoms with E-state index in [0.29, 0.717) is 42.6 Å². The molecule has 0 aliphatic carbocycles. The van der Waals surface area contributed by atoms with Gasteiger partial charge >= 0.3 is 0 Å². The maximum absolute atomic E-state index is 13.3. The first-order valence-corrected chi connectivity index (χ1v) is 10.2. The fourth-order valence-electron chi connectivity index (χ4n) is 3.07. The quantitative estimate of drug-likeness (QED) is 0.471. The molecule has 0 amide bonds. The van der Waals surface area contributed by atoms with Crippen LogP contribution in [0.2, 0.25) is 5.15 Å². The van der Waals surface area contributed by atoms with E-state index in [-0.39, 0.29) is 17.4 Å². The Bertz CT molecular complexity index is 1030. The molecule has 0 aliphatic rings. The number of nitrogens with zero attached hydrogens (tertiary/aromatic N) is 5. The molecule has 3 heterocycles. The highest BCUT2D eigenvalue weighted by molar-refractivity contribution is 6.29. The van der Waals surface area contributed by atoms with Crippen LogP contribution < -0.4 is 4.74 Å². The van der Waals surface area contributed by atoms with E-state index in [1.54, 1.807) is 31.9 Å². The largest absolute Gasteiger partial charge is 0.477 e. The van der Waals surface area contributed by atoms with Crippen molar-refractivity contribution < 1.29 is 14.3 Å². The predicted octanol–water partition coefficient (Wildman–Crippen LogP) is 3.49. The highest BCUT2D eigenvalue weighted by Gasteiger charge is 2.36. The minimum absolute atomic E-state index is 0.0421. The third kappa shape index (κ3) is 5.59. The Morgan fingerprint density at radius 1 is 1.10 bits per heavy atom. The summed E-state index contributed by atoms with van der Waals surface area (Å²) in [5.41, 5.74) is 1.69. The number of ketones is 1. The van der Waals surface area contributed by atoms with E-state index in [1.807, 2.05) is 26.0 Å². The first kappa shape index (κ1) is 22.7. The first-order chi connectivity index (χ1) is 15.0. The molecule has 0 fully saturated rings. The lowest BCUT2D eigenvalue weighted by Crippen LogP contribution is -2.36. The minimum Gasteiger partial charge on any atom is -0.477 e. The topological polar surface area (TPSA) is 100.0 Å². The Labute approximate surface area is 186 Å². The maximum Gasteiger partial charge on any atom is 0.232 e. The first-order valence-electron chi connectivity index (χ1n) is 9.86. The van der Waals surface area contributed by atoms with Crippen LogP contribution in [0.1, 0.15) is 31.7 Å². The van der Waals surface area contributed by atoms with E-state index in [2.05, 4.69) is 24.9 Å². The second-order valence-electron chi connectivity index (χ2n) is 7.12. The molecule has 3 rings (SSSR count). The molecule has 0 N–H and O–H groups in total. The van der Waals surface area contributed by atoms with Gasteiger partial charge < -0.3 is 9.47 Å². The van der Waals surface area contributed by atoms with Gasteiger partial charge in [-0.25, -0.2) is 9.97 Å². The molecule has 0 bridgehead atoms. The summed E-state index contributed by atoms with van der Waals surface area (Å²) in [6, 6.07) is 3.67. The van der Waals surface area contributed by atoms with Crippen molar-refractivity contribution in [2.45, 2.75) is 32.1 Å². The van der Waals surface area contributed by atoms with Gasteiger partial charge in [-0.3, -0.25) is 19.7 Å². The number of aromatic nitrogens is 5. The Balaban J connectivity index is 1.80. The van der Waals surface area contributed by atoms with Gasteiger partial charge in [0.1, 0.15) is 5.15 Å². The molecule has 3 aromatic rings. The lowest BCUT2D eigenvalue weighted by molar-refractivity contribution is -0.124. The van der Waals surface area contributed by atoms with Gasteiger partial charge in [-0.1, -0.05) is 11.6 Å². The fourth-order valence-corrected chi connectivity index (χ4v) is 3.22. The lowest BCUT2D eigenvalue weighted by atomic mass is 9.77. The average molecular weight is 442 g/mol. The van der Waals surface area contributed by atoms with Crippen LogP contribution in [0.5, 0.6) is 5.88 Å². The number of hydrogen-bond acceptors (Lipinski definition) is 8. The third-order valence-corrected chi connectivity index (χ3v) is 5.14. The van der Waals surface area contributed by atoms with Crippen LogP contribution in [0.3, 0.4) is 0 Å². The average Bonchev–Trinajstić information content (AvgIpc) is 2.78. The van der Waals surface area contributed by atoms with Crippen LogP contribution >= 0.6 is 11.6 Å². The minimum atomic E-state index is -0.897. The predicted molar refractivity (Wildman–Crippen MR) is 116 cm³/mol. The number of hydrogen-bond donors (Lipinski definition) is 0. The summed E-state index contributed by atoms with van der Waals surface area (Å²) >= 11 is 6.01. The number of carbonyl (C=O) groups excluding carboxylic acids is 1. The standard InChI is InChI=1S/C22H24ClN5O3/c1-4-31-21-14-24-11-17(27-21)15-5-6-16(26-10-15)9-19(29)22(2,7-8-30-3)18-12-25-13-20(23)28-18/h5-6,10-14H,4,7-9H2,1-3H3. The summed E-state index contributed by atoms with van der Waals surface area (Å²) in [6.45, 7) is 4.63. The zero-order valence-corrected chi connectivity index (χ0v) is 18.5. The van der Waals surface area contributed by atoms with Crippen LogP contribution in [0.4, 0.5) is 0 Å². The number of Topliss-reactive ketones (excluding diaryl/α,β-unsaturated/α-hetero) is 1. The number of halogens is 1. The number of methoxy groups -OCH3 is 1. The Hall–Kier alpha value is -2.97. The molecule has 0 aliphatic heterocycles. The zero-order chi connectivity index (χ0) is 22.3. The summed E-state index contributed by atoms with van der Waals surface area (Å²) < 4.78 is 10.6. The summed E-state index contributed by atoms with van der Waals surface area (Å²) in [6.07, 6.45) is 8.48. The van der Waals surface area contributed by atoms with Gasteiger partial charge in [0.05, 0.1) is 42.0 Å². The van der Waals surface area contributed by atoms with E-state index in [0.717, 1.165) is 5.56 Å². The normalized spacial score (nSPS) is 12.9. The van der Waals surface area contributed by atoms with Crippen molar-refractivity contribution in [1.29, 1.82) is 0 Å². The maximum atomic E-state index is 13.3. The number of pyridine rings is 1. The molecule has 1 unspecified atom stereocenters. The molecule has 8 nitrogen and oxygen atoms in total. The van der Waals surface area contributed by atoms with Gasteiger partial charge in [0, 0.05) is 43.8 Å². The summed E-state index contributed by atoms with van der Waals surface area (Å²) in [4.78, 5) is 34.7. The second kappa shape index (κ2) is 10.4. The van der Waals surface area contributed by atoms with E-state index in [1.165, 1.54) is 6.20 Å². The Morgan fingerprint density at radius 3 is 2.58 bits per heavy atom. The SMILES string of the molecule is CCOc1cncc(-c2ccc(CC(=O)C(C)(CCOC)c3cncc(Cl)n3)nc2)n1. The van der Waals surface area contributed by atoms with Crippen LogP contribution in [0, 0.1) is 0 Å². The van der Waals surface area contributed by atoms with Crippen LogP contribution in [0.15, 0.2) is 43.1 Å². The summed E-state index contributed by atoms with van der Waals surface area (Å²) in [7, 11) is 1.60. The smallest absolute Gasteiger partial charge is 0.232 e. The van der Waals surface area contributed by atoms with Crippen LogP contribution in [-0.4, -0.2) is 51.0 Å². The van der Waals surface area contributed by atoms with Crippen molar-refractivity contribution in [3.63, 3.8) is 0 Å². The zero-order valence-electron chi connectivity index (χ0n) is 17.7. The Kier molecular flexibility index (Phi) is 7.59. The van der Waals surface area contributed by atoms with Crippen molar-refractivity contribution in [3.8, 4) is 17.1 Å². The number of ether oxygens (including phenoxy) is 2. The van der Waals surface area contributed by atoms with Crippen molar-refractivity contribution in [2.24, 2.45) is 0 Å². The van der Waals surface area contributed by atoms with Gasteiger partial charge in [0.25, 0.3) is 0 Å². The molecule has 0 spiro atoms.